The van der Waals surface area contributed by atoms with Gasteiger partial charge in [0.25, 0.3) is 0 Å². The molecule has 0 aliphatic heterocycles. The average Bonchev–Trinajstić information content (AvgIpc) is 3.08. The van der Waals surface area contributed by atoms with Crippen molar-refractivity contribution in [2.75, 3.05) is 19.3 Å². The molecule has 0 atom stereocenters. The molecular formula is C12H19BrN2O2S2. The minimum absolute atomic E-state index is 0.218. The Balaban J connectivity index is 1.76. The van der Waals surface area contributed by atoms with Gasteiger partial charge in [-0.1, -0.05) is 0 Å². The first-order valence-corrected chi connectivity index (χ1v) is 9.66. The maximum absolute atomic E-state index is 12.1. The fourth-order valence-electron chi connectivity index (χ4n) is 1.76. The summed E-state index contributed by atoms with van der Waals surface area (Å²) in [5.74, 6) is 0.218. The van der Waals surface area contributed by atoms with Gasteiger partial charge in [0, 0.05) is 34.4 Å². The molecule has 1 fully saturated rings. The zero-order chi connectivity index (χ0) is 13.9. The number of thiophene rings is 1. The van der Waals surface area contributed by atoms with Crippen LogP contribution in [-0.4, -0.2) is 38.1 Å². The number of halogens is 1. The summed E-state index contributed by atoms with van der Waals surface area (Å²) in [6.07, 6.45) is 3.15. The van der Waals surface area contributed by atoms with Gasteiger partial charge in [-0.15, -0.1) is 11.3 Å². The molecule has 0 saturated heterocycles. The molecule has 0 spiro atoms. The van der Waals surface area contributed by atoms with E-state index < -0.39 is 10.0 Å². The molecule has 1 aliphatic carbocycles. The lowest BCUT2D eigenvalue weighted by atomic mass is 10.5. The van der Waals surface area contributed by atoms with Crippen molar-refractivity contribution in [1.29, 1.82) is 0 Å². The van der Waals surface area contributed by atoms with Crippen molar-refractivity contribution in [1.82, 2.24) is 9.62 Å². The van der Waals surface area contributed by atoms with Gasteiger partial charge >= 0.3 is 0 Å². The second-order valence-corrected chi connectivity index (χ2v) is 8.99. The summed E-state index contributed by atoms with van der Waals surface area (Å²) in [6.45, 7) is 1.25. The van der Waals surface area contributed by atoms with Crippen LogP contribution < -0.4 is 5.32 Å². The Labute approximate surface area is 127 Å². The van der Waals surface area contributed by atoms with Gasteiger partial charge in [0.2, 0.25) is 10.0 Å². The molecule has 1 aromatic heterocycles. The van der Waals surface area contributed by atoms with Crippen molar-refractivity contribution in [3.8, 4) is 0 Å². The summed E-state index contributed by atoms with van der Waals surface area (Å²) in [7, 11) is -1.49. The number of nitrogens with one attached hydrogen (secondary N) is 1. The normalized spacial score (nSPS) is 16.2. The van der Waals surface area contributed by atoms with Gasteiger partial charge in [-0.25, -0.2) is 8.42 Å². The quantitative estimate of drug-likeness (QED) is 0.718. The summed E-state index contributed by atoms with van der Waals surface area (Å²) < 4.78 is 26.6. The maximum Gasteiger partial charge on any atom is 0.214 e. The monoisotopic (exact) mass is 366 g/mol. The number of rotatable bonds is 8. The van der Waals surface area contributed by atoms with E-state index in [2.05, 4.69) is 21.2 Å². The van der Waals surface area contributed by atoms with Gasteiger partial charge in [-0.3, -0.25) is 0 Å². The van der Waals surface area contributed by atoms with Crippen molar-refractivity contribution in [3.63, 3.8) is 0 Å². The van der Waals surface area contributed by atoms with Crippen LogP contribution in [0.15, 0.2) is 15.9 Å². The molecule has 1 aliphatic rings. The van der Waals surface area contributed by atoms with E-state index in [0.717, 1.165) is 15.9 Å². The van der Waals surface area contributed by atoms with Gasteiger partial charge in [0.05, 0.1) is 5.75 Å². The molecular weight excluding hydrogens is 348 g/mol. The van der Waals surface area contributed by atoms with Crippen LogP contribution in [0.3, 0.4) is 0 Å². The predicted octanol–water partition coefficient (Wildman–Crippen LogP) is 2.41. The lowest BCUT2D eigenvalue weighted by Gasteiger charge is -2.16. The molecule has 4 nitrogen and oxygen atoms in total. The zero-order valence-electron chi connectivity index (χ0n) is 10.9. The third-order valence-corrected chi connectivity index (χ3v) is 6.63. The van der Waals surface area contributed by atoms with E-state index in [1.807, 2.05) is 11.4 Å². The van der Waals surface area contributed by atoms with Crippen LogP contribution in [0, 0.1) is 0 Å². The van der Waals surface area contributed by atoms with Gasteiger partial charge in [-0.05, 0) is 47.8 Å². The number of sulfonamides is 1. The van der Waals surface area contributed by atoms with Crippen molar-refractivity contribution in [2.24, 2.45) is 0 Å². The lowest BCUT2D eigenvalue weighted by Crippen LogP contribution is -2.30. The fourth-order valence-corrected chi connectivity index (χ4v) is 4.50. The Morgan fingerprint density at radius 1 is 1.53 bits per heavy atom. The fraction of sp³-hybridized carbons (Fsp3) is 0.667. The first-order valence-electron chi connectivity index (χ1n) is 6.38. The number of hydrogen-bond acceptors (Lipinski definition) is 4. The summed E-state index contributed by atoms with van der Waals surface area (Å²) >= 11 is 4.95. The average molecular weight is 367 g/mol. The van der Waals surface area contributed by atoms with E-state index in [0.29, 0.717) is 19.0 Å². The summed E-state index contributed by atoms with van der Waals surface area (Å²) in [6, 6.07) is 2.61. The third-order valence-electron chi connectivity index (χ3n) is 3.06. The second kappa shape index (κ2) is 6.67. The first-order chi connectivity index (χ1) is 8.97. The lowest BCUT2D eigenvalue weighted by molar-refractivity contribution is 0.467. The SMILES string of the molecule is CN(Cc1cc(Br)cs1)S(=O)(=O)CCCNC1CC1. The Kier molecular flexibility index (Phi) is 5.42. The summed E-state index contributed by atoms with van der Waals surface area (Å²) in [5, 5.41) is 5.30. The van der Waals surface area contributed by atoms with E-state index in [4.69, 9.17) is 0 Å². The summed E-state index contributed by atoms with van der Waals surface area (Å²) in [4.78, 5) is 1.05. The number of hydrogen-bond donors (Lipinski definition) is 1. The molecule has 1 heterocycles. The Morgan fingerprint density at radius 2 is 2.26 bits per heavy atom. The molecule has 19 heavy (non-hydrogen) atoms. The highest BCUT2D eigenvalue weighted by Crippen LogP contribution is 2.22. The van der Waals surface area contributed by atoms with Crippen molar-refractivity contribution in [3.05, 3.63) is 20.8 Å². The Bertz CT molecular complexity index is 512. The highest BCUT2D eigenvalue weighted by atomic mass is 79.9. The first kappa shape index (κ1) is 15.4. The molecule has 0 amide bonds. The van der Waals surface area contributed by atoms with Crippen molar-refractivity contribution < 1.29 is 8.42 Å². The molecule has 2 rings (SSSR count). The maximum atomic E-state index is 12.1. The van der Waals surface area contributed by atoms with Crippen LogP contribution in [0.1, 0.15) is 24.1 Å². The molecule has 108 valence electrons. The van der Waals surface area contributed by atoms with E-state index in [-0.39, 0.29) is 5.75 Å². The number of nitrogens with zero attached hydrogens (tertiary/aromatic N) is 1. The van der Waals surface area contributed by atoms with Gasteiger partial charge < -0.3 is 5.32 Å². The Morgan fingerprint density at radius 3 is 2.84 bits per heavy atom. The standard InChI is InChI=1S/C12H19BrN2O2S2/c1-15(8-12-7-10(13)9-18-12)19(16,17)6-2-5-14-11-3-4-11/h7,9,11,14H,2-6,8H2,1H3. The predicted molar refractivity (Wildman–Crippen MR) is 82.9 cm³/mol. The van der Waals surface area contributed by atoms with Crippen molar-refractivity contribution in [2.45, 2.75) is 31.8 Å². The van der Waals surface area contributed by atoms with Crippen LogP contribution in [-0.2, 0) is 16.6 Å². The Hall–Kier alpha value is 0.0500. The smallest absolute Gasteiger partial charge is 0.214 e. The zero-order valence-corrected chi connectivity index (χ0v) is 14.2. The van der Waals surface area contributed by atoms with E-state index in [1.54, 1.807) is 18.4 Å². The van der Waals surface area contributed by atoms with E-state index in [9.17, 15) is 8.42 Å². The molecule has 1 saturated carbocycles. The minimum atomic E-state index is -3.14. The third kappa shape index (κ3) is 5.15. The molecule has 0 unspecified atom stereocenters. The van der Waals surface area contributed by atoms with Crippen LogP contribution in [0.4, 0.5) is 0 Å². The molecule has 0 aromatic carbocycles. The molecule has 0 bridgehead atoms. The van der Waals surface area contributed by atoms with Crippen LogP contribution >= 0.6 is 27.3 Å². The molecule has 1 aromatic rings. The molecule has 7 heteroatoms. The highest BCUT2D eigenvalue weighted by molar-refractivity contribution is 9.10. The molecule has 1 N–H and O–H groups in total. The van der Waals surface area contributed by atoms with Crippen LogP contribution in [0.5, 0.6) is 0 Å². The topological polar surface area (TPSA) is 49.4 Å². The second-order valence-electron chi connectivity index (χ2n) is 4.89. The van der Waals surface area contributed by atoms with E-state index >= 15 is 0 Å². The van der Waals surface area contributed by atoms with Gasteiger partial charge in [0.15, 0.2) is 0 Å². The van der Waals surface area contributed by atoms with Crippen LogP contribution in [0.2, 0.25) is 0 Å². The largest absolute Gasteiger partial charge is 0.314 e. The van der Waals surface area contributed by atoms with E-state index in [1.165, 1.54) is 17.1 Å². The van der Waals surface area contributed by atoms with Gasteiger partial charge in [-0.2, -0.15) is 4.31 Å². The highest BCUT2D eigenvalue weighted by Gasteiger charge is 2.21. The summed E-state index contributed by atoms with van der Waals surface area (Å²) in [5.41, 5.74) is 0. The van der Waals surface area contributed by atoms with Crippen LogP contribution in [0.25, 0.3) is 0 Å². The molecule has 0 radical (unpaired) electrons. The van der Waals surface area contributed by atoms with Crippen molar-refractivity contribution >= 4 is 37.3 Å². The van der Waals surface area contributed by atoms with Gasteiger partial charge in [0.1, 0.15) is 0 Å². The minimum Gasteiger partial charge on any atom is -0.314 e.